The second-order valence-electron chi connectivity index (χ2n) is 3.82. The van der Waals surface area contributed by atoms with Crippen molar-refractivity contribution in [3.63, 3.8) is 0 Å². The summed E-state index contributed by atoms with van der Waals surface area (Å²) in [7, 11) is 1.69. The van der Waals surface area contributed by atoms with E-state index in [0.29, 0.717) is 13.1 Å². The fraction of sp³-hybridized carbons (Fsp3) is 0.700. The van der Waals surface area contributed by atoms with E-state index in [2.05, 4.69) is 12.2 Å². The van der Waals surface area contributed by atoms with Crippen LogP contribution in [0.25, 0.3) is 0 Å². The zero-order valence-corrected chi connectivity index (χ0v) is 9.32. The smallest absolute Gasteiger partial charge is 0.317 e. The summed E-state index contributed by atoms with van der Waals surface area (Å²) in [4.78, 5) is 25.8. The van der Waals surface area contributed by atoms with Crippen molar-refractivity contribution in [2.24, 2.45) is 0 Å². The number of nitrogens with zero attached hydrogens (tertiary/aromatic N) is 2. The minimum atomic E-state index is -0.125. The van der Waals surface area contributed by atoms with Crippen molar-refractivity contribution in [3.8, 4) is 0 Å². The van der Waals surface area contributed by atoms with Crippen molar-refractivity contribution in [1.82, 2.24) is 15.1 Å². The van der Waals surface area contributed by atoms with Crippen LogP contribution in [-0.4, -0.2) is 54.5 Å². The van der Waals surface area contributed by atoms with E-state index in [4.69, 9.17) is 0 Å². The van der Waals surface area contributed by atoms with Crippen LogP contribution in [0.2, 0.25) is 0 Å². The van der Waals surface area contributed by atoms with Crippen LogP contribution < -0.4 is 5.32 Å². The zero-order valence-electron chi connectivity index (χ0n) is 9.32. The predicted octanol–water partition coefficient (Wildman–Crippen LogP) is 0.0827. The van der Waals surface area contributed by atoms with Crippen LogP contribution in [0.15, 0.2) is 0 Å². The largest absolute Gasteiger partial charge is 0.341 e. The van der Waals surface area contributed by atoms with E-state index in [-0.39, 0.29) is 18.0 Å². The first-order valence-corrected chi connectivity index (χ1v) is 5.11. The van der Waals surface area contributed by atoms with Crippen molar-refractivity contribution in [2.45, 2.75) is 19.4 Å². The number of carbonyl (C=O) groups is 2. The first kappa shape index (κ1) is 11.8. The minimum absolute atomic E-state index is 0.0669. The SMILES string of the molecule is [CH2]CN(C)C(=O)NC1CCN(C(C)=O)C1. The molecule has 5 heteroatoms. The highest BCUT2D eigenvalue weighted by molar-refractivity contribution is 5.75. The molecule has 15 heavy (non-hydrogen) atoms. The molecular formula is C10H18N3O2. The van der Waals surface area contributed by atoms with Crippen LogP contribution in [0.1, 0.15) is 13.3 Å². The number of hydrogen-bond acceptors (Lipinski definition) is 2. The summed E-state index contributed by atoms with van der Waals surface area (Å²) in [6, 6.07) is -0.0456. The highest BCUT2D eigenvalue weighted by Gasteiger charge is 2.25. The Balaban J connectivity index is 2.36. The molecule has 85 valence electrons. The van der Waals surface area contributed by atoms with Gasteiger partial charge in [-0.3, -0.25) is 4.79 Å². The van der Waals surface area contributed by atoms with Crippen molar-refractivity contribution in [1.29, 1.82) is 0 Å². The summed E-state index contributed by atoms with van der Waals surface area (Å²) in [5.74, 6) is 0.0669. The molecule has 1 fully saturated rings. The maximum absolute atomic E-state index is 11.5. The molecule has 1 unspecified atom stereocenters. The quantitative estimate of drug-likeness (QED) is 0.705. The summed E-state index contributed by atoms with van der Waals surface area (Å²) in [6.07, 6.45) is 0.830. The molecule has 0 aromatic carbocycles. The van der Waals surface area contributed by atoms with Gasteiger partial charge in [0, 0.05) is 39.6 Å². The van der Waals surface area contributed by atoms with Crippen LogP contribution in [0.4, 0.5) is 4.79 Å². The number of urea groups is 1. The molecule has 3 amide bonds. The van der Waals surface area contributed by atoms with Gasteiger partial charge in [-0.2, -0.15) is 0 Å². The molecule has 1 aliphatic heterocycles. The highest BCUT2D eigenvalue weighted by atomic mass is 16.2. The molecule has 1 N–H and O–H groups in total. The van der Waals surface area contributed by atoms with E-state index in [1.165, 1.54) is 4.90 Å². The average molecular weight is 212 g/mol. The molecular weight excluding hydrogens is 194 g/mol. The second kappa shape index (κ2) is 5.00. The van der Waals surface area contributed by atoms with Crippen molar-refractivity contribution in [3.05, 3.63) is 6.92 Å². The summed E-state index contributed by atoms with van der Waals surface area (Å²) in [5, 5.41) is 2.87. The predicted molar refractivity (Wildman–Crippen MR) is 57.2 cm³/mol. The van der Waals surface area contributed by atoms with Gasteiger partial charge in [0.1, 0.15) is 0 Å². The lowest BCUT2D eigenvalue weighted by molar-refractivity contribution is -0.127. The first-order chi connectivity index (χ1) is 7.04. The Morgan fingerprint density at radius 3 is 2.73 bits per heavy atom. The Kier molecular flexibility index (Phi) is 3.94. The lowest BCUT2D eigenvalue weighted by Crippen LogP contribution is -2.44. The van der Waals surface area contributed by atoms with E-state index >= 15 is 0 Å². The maximum Gasteiger partial charge on any atom is 0.317 e. The second-order valence-corrected chi connectivity index (χ2v) is 3.82. The van der Waals surface area contributed by atoms with E-state index in [9.17, 15) is 9.59 Å². The third kappa shape index (κ3) is 3.11. The normalized spacial score (nSPS) is 20.2. The summed E-state index contributed by atoms with van der Waals surface area (Å²) < 4.78 is 0. The van der Waals surface area contributed by atoms with Gasteiger partial charge in [-0.15, -0.1) is 0 Å². The number of rotatable bonds is 2. The Labute approximate surface area is 90.4 Å². The van der Waals surface area contributed by atoms with Gasteiger partial charge in [0.25, 0.3) is 0 Å². The fourth-order valence-corrected chi connectivity index (χ4v) is 1.55. The van der Waals surface area contributed by atoms with Gasteiger partial charge < -0.3 is 15.1 Å². The minimum Gasteiger partial charge on any atom is -0.341 e. The number of carbonyl (C=O) groups excluding carboxylic acids is 2. The molecule has 1 rings (SSSR count). The molecule has 0 aromatic heterocycles. The molecule has 0 spiro atoms. The molecule has 1 saturated heterocycles. The van der Waals surface area contributed by atoms with E-state index in [0.717, 1.165) is 13.0 Å². The van der Waals surface area contributed by atoms with Gasteiger partial charge >= 0.3 is 6.03 Å². The number of nitrogens with one attached hydrogen (secondary N) is 1. The molecule has 0 bridgehead atoms. The lowest BCUT2D eigenvalue weighted by Gasteiger charge is -2.19. The third-order valence-electron chi connectivity index (χ3n) is 2.64. The van der Waals surface area contributed by atoms with Gasteiger partial charge in [-0.05, 0) is 13.3 Å². The van der Waals surface area contributed by atoms with Gasteiger partial charge in [-0.25, -0.2) is 4.79 Å². The molecule has 1 radical (unpaired) electrons. The summed E-state index contributed by atoms with van der Waals surface area (Å²) in [6.45, 7) is 6.96. The fourth-order valence-electron chi connectivity index (χ4n) is 1.55. The van der Waals surface area contributed by atoms with E-state index in [1.807, 2.05) is 0 Å². The standard InChI is InChI=1S/C10H18N3O2/c1-4-12(3)10(15)11-9-5-6-13(7-9)8(2)14/h9H,1,4-7H2,2-3H3,(H,11,15). The molecule has 1 atom stereocenters. The van der Waals surface area contributed by atoms with Crippen LogP contribution in [0, 0.1) is 6.92 Å². The van der Waals surface area contributed by atoms with Crippen molar-refractivity contribution < 1.29 is 9.59 Å². The van der Waals surface area contributed by atoms with Crippen LogP contribution >= 0.6 is 0 Å². The average Bonchev–Trinajstić information content (AvgIpc) is 2.65. The van der Waals surface area contributed by atoms with Crippen molar-refractivity contribution in [2.75, 3.05) is 26.7 Å². The van der Waals surface area contributed by atoms with Crippen molar-refractivity contribution >= 4 is 11.9 Å². The molecule has 1 aliphatic rings. The van der Waals surface area contributed by atoms with E-state index in [1.54, 1.807) is 18.9 Å². The molecule has 1 heterocycles. The monoisotopic (exact) mass is 212 g/mol. The highest BCUT2D eigenvalue weighted by Crippen LogP contribution is 2.09. The molecule has 0 aliphatic carbocycles. The van der Waals surface area contributed by atoms with Gasteiger partial charge in [0.15, 0.2) is 0 Å². The topological polar surface area (TPSA) is 52.7 Å². The maximum atomic E-state index is 11.5. The summed E-state index contributed by atoms with van der Waals surface area (Å²) in [5.41, 5.74) is 0. The van der Waals surface area contributed by atoms with Crippen LogP contribution in [0.3, 0.4) is 0 Å². The molecule has 0 saturated carbocycles. The van der Waals surface area contributed by atoms with Gasteiger partial charge in [-0.1, -0.05) is 0 Å². The Bertz CT molecular complexity index is 255. The summed E-state index contributed by atoms with van der Waals surface area (Å²) >= 11 is 0. The third-order valence-corrected chi connectivity index (χ3v) is 2.64. The number of amides is 3. The van der Waals surface area contributed by atoms with E-state index < -0.39 is 0 Å². The number of likely N-dealkylation sites (tertiary alicyclic amines) is 1. The zero-order chi connectivity index (χ0) is 11.4. The Morgan fingerprint density at radius 1 is 1.60 bits per heavy atom. The van der Waals surface area contributed by atoms with Gasteiger partial charge in [0.05, 0.1) is 0 Å². The molecule has 5 nitrogen and oxygen atoms in total. The Hall–Kier alpha value is -1.26. The Morgan fingerprint density at radius 2 is 2.27 bits per heavy atom. The van der Waals surface area contributed by atoms with Crippen LogP contribution in [-0.2, 0) is 4.79 Å². The molecule has 0 aromatic rings. The lowest BCUT2D eigenvalue weighted by atomic mass is 10.3. The first-order valence-electron chi connectivity index (χ1n) is 5.11. The van der Waals surface area contributed by atoms with Crippen LogP contribution in [0.5, 0.6) is 0 Å². The number of hydrogen-bond donors (Lipinski definition) is 1. The van der Waals surface area contributed by atoms with Gasteiger partial charge in [0.2, 0.25) is 5.91 Å².